The molecule has 0 bridgehead atoms. The molecule has 0 spiro atoms. The summed E-state index contributed by atoms with van der Waals surface area (Å²) in [6, 6.07) is 4.23. The van der Waals surface area contributed by atoms with Gasteiger partial charge in [0.15, 0.2) is 0 Å². The van der Waals surface area contributed by atoms with E-state index >= 15 is 0 Å². The Morgan fingerprint density at radius 1 is 1.18 bits per heavy atom. The summed E-state index contributed by atoms with van der Waals surface area (Å²) in [7, 11) is -3.95. The first-order chi connectivity index (χ1) is 12.9. The fourth-order valence-electron chi connectivity index (χ4n) is 3.25. The molecule has 0 heterocycles. The maximum atomic E-state index is 13.0. The Morgan fingerprint density at radius 2 is 1.79 bits per heavy atom. The summed E-state index contributed by atoms with van der Waals surface area (Å²) >= 11 is 3.22. The Balaban J connectivity index is 2.08. The molecule has 0 saturated heterocycles. The number of benzene rings is 1. The van der Waals surface area contributed by atoms with E-state index in [1.165, 1.54) is 12.1 Å². The molecule has 1 aliphatic rings. The second kappa shape index (κ2) is 9.13. The van der Waals surface area contributed by atoms with E-state index in [-0.39, 0.29) is 23.7 Å². The second-order valence-electron chi connectivity index (χ2n) is 7.41. The van der Waals surface area contributed by atoms with Gasteiger partial charge < -0.3 is 5.32 Å². The average molecular weight is 485 g/mol. The molecule has 1 saturated carbocycles. The summed E-state index contributed by atoms with van der Waals surface area (Å²) < 4.78 is 67.2. The highest BCUT2D eigenvalue weighted by atomic mass is 79.9. The van der Waals surface area contributed by atoms with Crippen LogP contribution in [-0.2, 0) is 14.8 Å². The van der Waals surface area contributed by atoms with Crippen molar-refractivity contribution in [3.05, 3.63) is 28.7 Å². The molecule has 1 aromatic carbocycles. The third-order valence-corrected chi connectivity index (χ3v) is 6.82. The van der Waals surface area contributed by atoms with Crippen molar-refractivity contribution in [1.82, 2.24) is 10.0 Å². The molecule has 28 heavy (non-hydrogen) atoms. The highest BCUT2D eigenvalue weighted by Crippen LogP contribution is 2.37. The molecule has 0 unspecified atom stereocenters. The smallest absolute Gasteiger partial charge is 0.352 e. The lowest BCUT2D eigenvalue weighted by Gasteiger charge is -2.32. The zero-order valence-electron chi connectivity index (χ0n) is 15.6. The van der Waals surface area contributed by atoms with E-state index in [1.54, 1.807) is 26.0 Å². The van der Waals surface area contributed by atoms with Crippen molar-refractivity contribution in [3.8, 4) is 0 Å². The van der Waals surface area contributed by atoms with Gasteiger partial charge >= 0.3 is 6.18 Å². The Labute approximate surface area is 171 Å². The fourth-order valence-corrected chi connectivity index (χ4v) is 4.86. The standard InChI is InChI=1S/C18H24BrF3N2O3S/c1-11(2)16(24-28(26,27)15-8-6-13(19)7-9-15)17(25)23-14-5-3-4-12(10-14)18(20,21)22/h6-9,11-12,14,16,24H,3-5,10H2,1-2H3,(H,23,25)/t12-,14+,16-/m0/s1. The summed E-state index contributed by atoms with van der Waals surface area (Å²) in [4.78, 5) is 12.6. The van der Waals surface area contributed by atoms with Gasteiger partial charge in [0, 0.05) is 10.5 Å². The van der Waals surface area contributed by atoms with Gasteiger partial charge in [-0.05, 0) is 49.4 Å². The van der Waals surface area contributed by atoms with Gasteiger partial charge in [-0.25, -0.2) is 8.42 Å². The number of nitrogens with one attached hydrogen (secondary N) is 2. The normalized spacial score (nSPS) is 22.1. The number of sulfonamides is 1. The third-order valence-electron chi connectivity index (χ3n) is 4.84. The van der Waals surface area contributed by atoms with Gasteiger partial charge in [-0.2, -0.15) is 17.9 Å². The minimum Gasteiger partial charge on any atom is -0.352 e. The van der Waals surface area contributed by atoms with E-state index in [0.29, 0.717) is 17.3 Å². The molecule has 158 valence electrons. The van der Waals surface area contributed by atoms with Crippen LogP contribution in [0.1, 0.15) is 39.5 Å². The van der Waals surface area contributed by atoms with E-state index in [4.69, 9.17) is 0 Å². The molecule has 1 aromatic rings. The second-order valence-corrected chi connectivity index (χ2v) is 10.0. The Bertz CT molecular complexity index is 782. The van der Waals surface area contributed by atoms with Crippen LogP contribution >= 0.6 is 15.9 Å². The van der Waals surface area contributed by atoms with Crippen molar-refractivity contribution in [3.63, 3.8) is 0 Å². The van der Waals surface area contributed by atoms with Crippen LogP contribution < -0.4 is 10.0 Å². The Hall–Kier alpha value is -1.13. The van der Waals surface area contributed by atoms with Crippen LogP contribution in [0.15, 0.2) is 33.6 Å². The maximum Gasteiger partial charge on any atom is 0.391 e. The fraction of sp³-hybridized carbons (Fsp3) is 0.611. The quantitative estimate of drug-likeness (QED) is 0.640. The average Bonchev–Trinajstić information content (AvgIpc) is 2.59. The summed E-state index contributed by atoms with van der Waals surface area (Å²) in [5.74, 6) is -2.43. The lowest BCUT2D eigenvalue weighted by molar-refractivity contribution is -0.184. The number of carbonyl (C=O) groups is 1. The lowest BCUT2D eigenvalue weighted by Crippen LogP contribution is -2.53. The van der Waals surface area contributed by atoms with Gasteiger partial charge in [0.05, 0.1) is 10.8 Å². The van der Waals surface area contributed by atoms with Crippen LogP contribution in [-0.4, -0.2) is 32.6 Å². The predicted molar refractivity (Wildman–Crippen MR) is 103 cm³/mol. The van der Waals surface area contributed by atoms with Gasteiger partial charge in [0.25, 0.3) is 0 Å². The first-order valence-corrected chi connectivity index (χ1v) is 11.3. The van der Waals surface area contributed by atoms with Crippen LogP contribution in [0.3, 0.4) is 0 Å². The minimum absolute atomic E-state index is 0.00366. The Morgan fingerprint density at radius 3 is 2.32 bits per heavy atom. The van der Waals surface area contributed by atoms with Crippen LogP contribution in [0.2, 0.25) is 0 Å². The molecule has 1 fully saturated rings. The van der Waals surface area contributed by atoms with E-state index in [1.807, 2.05) is 0 Å². The predicted octanol–water partition coefficient (Wildman–Crippen LogP) is 3.99. The highest BCUT2D eigenvalue weighted by molar-refractivity contribution is 9.10. The molecule has 1 amide bonds. The molecular weight excluding hydrogens is 461 g/mol. The number of alkyl halides is 3. The van der Waals surface area contributed by atoms with Gasteiger partial charge in [-0.3, -0.25) is 4.79 Å². The topological polar surface area (TPSA) is 75.3 Å². The van der Waals surface area contributed by atoms with Crippen LogP contribution in [0.4, 0.5) is 13.2 Å². The molecule has 5 nitrogen and oxygen atoms in total. The molecule has 0 aliphatic heterocycles. The van der Waals surface area contributed by atoms with Gasteiger partial charge in [-0.15, -0.1) is 0 Å². The first-order valence-electron chi connectivity index (χ1n) is 9.05. The highest BCUT2D eigenvalue weighted by Gasteiger charge is 2.42. The summed E-state index contributed by atoms with van der Waals surface area (Å²) in [6.45, 7) is 3.35. The van der Waals surface area contributed by atoms with Crippen molar-refractivity contribution in [2.45, 2.75) is 62.7 Å². The maximum absolute atomic E-state index is 13.0. The Kier molecular flexibility index (Phi) is 7.55. The van der Waals surface area contributed by atoms with E-state index < -0.39 is 40.1 Å². The number of carbonyl (C=O) groups excluding carboxylic acids is 1. The lowest BCUT2D eigenvalue weighted by atomic mass is 9.85. The first kappa shape index (κ1) is 23.2. The summed E-state index contributed by atoms with van der Waals surface area (Å²) in [6.07, 6.45) is -3.60. The van der Waals surface area contributed by atoms with Crippen molar-refractivity contribution < 1.29 is 26.4 Å². The van der Waals surface area contributed by atoms with E-state index in [0.717, 1.165) is 0 Å². The third kappa shape index (κ3) is 6.18. The van der Waals surface area contributed by atoms with Gasteiger partial charge in [-0.1, -0.05) is 36.2 Å². The number of hydrogen-bond donors (Lipinski definition) is 2. The largest absolute Gasteiger partial charge is 0.391 e. The number of hydrogen-bond acceptors (Lipinski definition) is 3. The van der Waals surface area contributed by atoms with Crippen LogP contribution in [0.5, 0.6) is 0 Å². The number of amides is 1. The van der Waals surface area contributed by atoms with E-state index in [2.05, 4.69) is 26.0 Å². The molecule has 2 N–H and O–H groups in total. The van der Waals surface area contributed by atoms with E-state index in [9.17, 15) is 26.4 Å². The molecule has 3 atom stereocenters. The molecular formula is C18H24BrF3N2O3S. The molecule has 0 radical (unpaired) electrons. The number of halogens is 4. The van der Waals surface area contributed by atoms with Crippen LogP contribution in [0.25, 0.3) is 0 Å². The molecule has 1 aliphatic carbocycles. The summed E-state index contributed by atoms with van der Waals surface area (Å²) in [5, 5.41) is 2.61. The monoisotopic (exact) mass is 484 g/mol. The van der Waals surface area contributed by atoms with Crippen molar-refractivity contribution >= 4 is 31.9 Å². The van der Waals surface area contributed by atoms with Gasteiger partial charge in [0.2, 0.25) is 15.9 Å². The molecule has 2 rings (SSSR count). The SMILES string of the molecule is CC(C)[C@H](NS(=O)(=O)c1ccc(Br)cc1)C(=O)N[C@@H]1CCC[C@H](C(F)(F)F)C1. The zero-order valence-corrected chi connectivity index (χ0v) is 18.0. The van der Waals surface area contributed by atoms with Crippen LogP contribution in [0, 0.1) is 11.8 Å². The van der Waals surface area contributed by atoms with Crippen molar-refractivity contribution in [1.29, 1.82) is 0 Å². The van der Waals surface area contributed by atoms with Crippen molar-refractivity contribution in [2.75, 3.05) is 0 Å². The van der Waals surface area contributed by atoms with Gasteiger partial charge in [0.1, 0.15) is 6.04 Å². The molecule has 0 aromatic heterocycles. The molecule has 10 heteroatoms. The number of rotatable bonds is 6. The van der Waals surface area contributed by atoms with Crippen molar-refractivity contribution in [2.24, 2.45) is 11.8 Å². The minimum atomic E-state index is -4.29. The zero-order chi connectivity index (χ0) is 21.1. The summed E-state index contributed by atoms with van der Waals surface area (Å²) in [5.41, 5.74) is 0.